The van der Waals surface area contributed by atoms with Crippen LogP contribution in [0.25, 0.3) is 11.0 Å². The number of rotatable bonds is 3. The van der Waals surface area contributed by atoms with Crippen LogP contribution >= 0.6 is 0 Å². The molecule has 1 saturated carbocycles. The molecule has 3 rings (SSSR count). The smallest absolute Gasteiger partial charge is 0.177 e. The van der Waals surface area contributed by atoms with Crippen molar-refractivity contribution in [3.63, 3.8) is 0 Å². The minimum atomic E-state index is -3.30. The molecule has 108 valence electrons. The second-order valence-corrected chi connectivity index (χ2v) is 7.93. The molecular weight excluding hydrogens is 274 g/mol. The summed E-state index contributed by atoms with van der Waals surface area (Å²) in [6.45, 7) is 1.98. The van der Waals surface area contributed by atoms with Gasteiger partial charge in [0.25, 0.3) is 0 Å². The molecule has 1 aromatic heterocycles. The lowest BCUT2D eigenvalue weighted by Crippen LogP contribution is -2.38. The van der Waals surface area contributed by atoms with Gasteiger partial charge in [0.1, 0.15) is 11.3 Å². The number of aryl methyl sites for hydroxylation is 1. The van der Waals surface area contributed by atoms with Gasteiger partial charge in [-0.15, -0.1) is 0 Å². The summed E-state index contributed by atoms with van der Waals surface area (Å²) in [5, 5.41) is 0. The number of para-hydroxylation sites is 1. The molecule has 1 heterocycles. The summed E-state index contributed by atoms with van der Waals surface area (Å²) >= 11 is 0. The van der Waals surface area contributed by atoms with E-state index >= 15 is 0 Å². The fraction of sp³-hybridized carbons (Fsp3) is 0.500. The van der Waals surface area contributed by atoms with Crippen molar-refractivity contribution in [1.82, 2.24) is 9.55 Å². The van der Waals surface area contributed by atoms with Crippen LogP contribution in [0.2, 0.25) is 0 Å². The van der Waals surface area contributed by atoms with Gasteiger partial charge in [-0.25, -0.2) is 13.4 Å². The highest BCUT2D eigenvalue weighted by Crippen LogP contribution is 2.44. The summed E-state index contributed by atoms with van der Waals surface area (Å²) in [6, 6.07) is 5.22. The van der Waals surface area contributed by atoms with Crippen molar-refractivity contribution in [3.05, 3.63) is 24.0 Å². The van der Waals surface area contributed by atoms with Gasteiger partial charge >= 0.3 is 0 Å². The fourth-order valence-electron chi connectivity index (χ4n) is 2.84. The molecule has 1 fully saturated rings. The highest BCUT2D eigenvalue weighted by Gasteiger charge is 2.43. The molecule has 1 aliphatic carbocycles. The summed E-state index contributed by atoms with van der Waals surface area (Å²) in [5.74, 6) is 1.19. The number of benzene rings is 1. The van der Waals surface area contributed by atoms with Gasteiger partial charge in [0.05, 0.1) is 16.0 Å². The zero-order valence-electron chi connectivity index (χ0n) is 11.9. The van der Waals surface area contributed by atoms with Crippen LogP contribution in [0.5, 0.6) is 0 Å². The van der Waals surface area contributed by atoms with Crippen LogP contribution in [0.15, 0.2) is 23.1 Å². The number of hydrogen-bond acceptors (Lipinski definition) is 4. The fourth-order valence-corrected chi connectivity index (χ4v) is 3.66. The number of aromatic nitrogens is 2. The predicted molar refractivity (Wildman–Crippen MR) is 78.1 cm³/mol. The lowest BCUT2D eigenvalue weighted by Gasteiger charge is -2.23. The van der Waals surface area contributed by atoms with Crippen LogP contribution in [-0.4, -0.2) is 24.2 Å². The highest BCUT2D eigenvalue weighted by atomic mass is 32.2. The Bertz CT molecular complexity index is 786. The highest BCUT2D eigenvalue weighted by molar-refractivity contribution is 7.91. The van der Waals surface area contributed by atoms with E-state index < -0.39 is 15.4 Å². The lowest BCUT2D eigenvalue weighted by atomic mass is 9.96. The SMILES string of the molecule is Cn1c(C(C)(N)C2CC2)nc2c(S(C)(=O)=O)cccc21. The Labute approximate surface area is 118 Å². The zero-order valence-corrected chi connectivity index (χ0v) is 12.7. The van der Waals surface area contributed by atoms with Crippen LogP contribution in [0.4, 0.5) is 0 Å². The molecule has 2 aromatic rings. The van der Waals surface area contributed by atoms with Crippen LogP contribution in [-0.2, 0) is 22.4 Å². The Morgan fingerprint density at radius 1 is 1.40 bits per heavy atom. The number of nitrogens with two attached hydrogens (primary N) is 1. The summed E-state index contributed by atoms with van der Waals surface area (Å²) in [6.07, 6.45) is 3.42. The average molecular weight is 293 g/mol. The number of fused-ring (bicyclic) bond motifs is 1. The van der Waals surface area contributed by atoms with Crippen molar-refractivity contribution in [1.29, 1.82) is 0 Å². The molecule has 5 nitrogen and oxygen atoms in total. The van der Waals surface area contributed by atoms with E-state index in [0.717, 1.165) is 24.2 Å². The van der Waals surface area contributed by atoms with E-state index in [0.29, 0.717) is 11.4 Å². The molecule has 0 radical (unpaired) electrons. The Morgan fingerprint density at radius 3 is 2.60 bits per heavy atom. The van der Waals surface area contributed by atoms with Crippen LogP contribution in [0, 0.1) is 5.92 Å². The van der Waals surface area contributed by atoms with E-state index in [9.17, 15) is 8.42 Å². The van der Waals surface area contributed by atoms with Crippen LogP contribution in [0.1, 0.15) is 25.6 Å². The maximum Gasteiger partial charge on any atom is 0.177 e. The van der Waals surface area contributed by atoms with Gasteiger partial charge < -0.3 is 10.3 Å². The minimum Gasteiger partial charge on any atom is -0.330 e. The molecule has 1 aliphatic rings. The maximum atomic E-state index is 11.9. The third-order valence-electron chi connectivity index (χ3n) is 4.18. The molecular formula is C14H19N3O2S. The largest absolute Gasteiger partial charge is 0.330 e. The number of hydrogen-bond donors (Lipinski definition) is 1. The summed E-state index contributed by atoms with van der Waals surface area (Å²) in [4.78, 5) is 4.84. The van der Waals surface area contributed by atoms with Gasteiger partial charge in [0, 0.05) is 13.3 Å². The molecule has 1 aromatic carbocycles. The third kappa shape index (κ3) is 1.94. The standard InChI is InChI=1S/C14H19N3O2S/c1-14(15,9-7-8-9)13-16-12-10(17(13)2)5-4-6-11(12)20(3,18)19/h4-6,9H,7-8,15H2,1-3H3. The number of sulfone groups is 1. The first-order chi connectivity index (χ1) is 9.23. The molecule has 6 heteroatoms. The van der Waals surface area contributed by atoms with E-state index in [-0.39, 0.29) is 4.90 Å². The second-order valence-electron chi connectivity index (χ2n) is 5.95. The molecule has 0 saturated heterocycles. The number of imidazole rings is 1. The van der Waals surface area contributed by atoms with E-state index in [1.54, 1.807) is 12.1 Å². The van der Waals surface area contributed by atoms with E-state index in [1.807, 2.05) is 24.6 Å². The monoisotopic (exact) mass is 293 g/mol. The summed E-state index contributed by atoms with van der Waals surface area (Å²) in [5.41, 5.74) is 7.25. The predicted octanol–water partition coefficient (Wildman–Crippen LogP) is 1.56. The molecule has 0 spiro atoms. The average Bonchev–Trinajstić information content (AvgIpc) is 3.14. The van der Waals surface area contributed by atoms with Crippen molar-refractivity contribution < 1.29 is 8.42 Å². The van der Waals surface area contributed by atoms with Crippen molar-refractivity contribution in [2.24, 2.45) is 18.7 Å². The van der Waals surface area contributed by atoms with Crippen molar-refractivity contribution in [2.75, 3.05) is 6.26 Å². The van der Waals surface area contributed by atoms with Crippen LogP contribution < -0.4 is 5.73 Å². The minimum absolute atomic E-state index is 0.267. The first-order valence-corrected chi connectivity index (χ1v) is 8.57. The Balaban J connectivity index is 2.30. The van der Waals surface area contributed by atoms with Gasteiger partial charge in [-0.05, 0) is 37.8 Å². The van der Waals surface area contributed by atoms with Gasteiger partial charge in [-0.3, -0.25) is 0 Å². The first-order valence-electron chi connectivity index (χ1n) is 6.68. The molecule has 20 heavy (non-hydrogen) atoms. The Hall–Kier alpha value is -1.40. The number of nitrogens with zero attached hydrogens (tertiary/aromatic N) is 2. The summed E-state index contributed by atoms with van der Waals surface area (Å²) in [7, 11) is -1.41. The molecule has 1 atom stereocenters. The van der Waals surface area contributed by atoms with E-state index in [1.165, 1.54) is 6.26 Å². The molecule has 1 unspecified atom stereocenters. The van der Waals surface area contributed by atoms with Gasteiger partial charge in [-0.1, -0.05) is 6.07 Å². The van der Waals surface area contributed by atoms with E-state index in [4.69, 9.17) is 5.73 Å². The molecule has 0 amide bonds. The van der Waals surface area contributed by atoms with Crippen LogP contribution in [0.3, 0.4) is 0 Å². The normalized spacial score (nSPS) is 19.2. The topological polar surface area (TPSA) is 78.0 Å². The molecule has 0 aliphatic heterocycles. The first kappa shape index (κ1) is 13.6. The van der Waals surface area contributed by atoms with Crippen molar-refractivity contribution >= 4 is 20.9 Å². The second kappa shape index (κ2) is 4.05. The third-order valence-corrected chi connectivity index (χ3v) is 5.31. The Morgan fingerprint density at radius 2 is 2.05 bits per heavy atom. The lowest BCUT2D eigenvalue weighted by molar-refractivity contribution is 0.391. The Kier molecular flexibility index (Phi) is 2.75. The van der Waals surface area contributed by atoms with E-state index in [2.05, 4.69) is 4.98 Å². The zero-order chi connectivity index (χ0) is 14.7. The quantitative estimate of drug-likeness (QED) is 0.931. The molecule has 2 N–H and O–H groups in total. The molecule has 0 bridgehead atoms. The van der Waals surface area contributed by atoms with Gasteiger partial charge in [-0.2, -0.15) is 0 Å². The summed E-state index contributed by atoms with van der Waals surface area (Å²) < 4.78 is 25.7. The van der Waals surface area contributed by atoms with Gasteiger partial charge in [0.15, 0.2) is 9.84 Å². The maximum absolute atomic E-state index is 11.9. The van der Waals surface area contributed by atoms with Crippen molar-refractivity contribution in [3.8, 4) is 0 Å². The van der Waals surface area contributed by atoms with Crippen molar-refractivity contribution in [2.45, 2.75) is 30.2 Å². The van der Waals surface area contributed by atoms with Gasteiger partial charge in [0.2, 0.25) is 0 Å².